The highest BCUT2D eigenvalue weighted by atomic mass is 14.5. The molecule has 0 radical (unpaired) electrons. The molecule has 1 aromatic carbocycles. The van der Waals surface area contributed by atoms with Crippen molar-refractivity contribution in [2.24, 2.45) is 5.73 Å². The molecule has 0 unspecified atom stereocenters. The van der Waals surface area contributed by atoms with Crippen LogP contribution in [0.2, 0.25) is 0 Å². The predicted octanol–water partition coefficient (Wildman–Crippen LogP) is 1.70. The molecule has 1 aromatic rings. The van der Waals surface area contributed by atoms with Crippen LogP contribution in [0.3, 0.4) is 0 Å². The van der Waals surface area contributed by atoms with Gasteiger partial charge in [-0.05, 0) is 24.6 Å². The predicted molar refractivity (Wildman–Crippen MR) is 51.7 cm³/mol. The quantitative estimate of drug-likeness (QED) is 0.620. The average molecular weight is 159 g/mol. The smallest absolute Gasteiger partial charge is 0.0247 e. The van der Waals surface area contributed by atoms with Crippen LogP contribution in [0, 0.1) is 18.8 Å². The molecule has 0 saturated carbocycles. The van der Waals surface area contributed by atoms with Gasteiger partial charge in [0, 0.05) is 18.5 Å². The van der Waals surface area contributed by atoms with Gasteiger partial charge in [-0.3, -0.25) is 0 Å². The molecule has 0 amide bonds. The standard InChI is InChI=1S/C11H13N/c1-10-5-4-7-11(9-10)6-2-3-8-12/h4-5,7,9H,3,8,12H2,1H3. The molecule has 0 heterocycles. The minimum Gasteiger partial charge on any atom is -0.330 e. The minimum absolute atomic E-state index is 0.638. The van der Waals surface area contributed by atoms with E-state index in [2.05, 4.69) is 30.9 Å². The lowest BCUT2D eigenvalue weighted by Crippen LogP contribution is -1.95. The summed E-state index contributed by atoms with van der Waals surface area (Å²) in [5.74, 6) is 6.06. The van der Waals surface area contributed by atoms with Crippen molar-refractivity contribution >= 4 is 0 Å². The third-order valence-electron chi connectivity index (χ3n) is 1.52. The Morgan fingerprint density at radius 3 is 2.92 bits per heavy atom. The van der Waals surface area contributed by atoms with Crippen molar-refractivity contribution in [3.8, 4) is 11.8 Å². The molecule has 12 heavy (non-hydrogen) atoms. The maximum atomic E-state index is 5.32. The van der Waals surface area contributed by atoms with Gasteiger partial charge in [0.1, 0.15) is 0 Å². The molecule has 1 heteroatoms. The fourth-order valence-corrected chi connectivity index (χ4v) is 0.960. The number of nitrogens with two attached hydrogens (primary N) is 1. The molecule has 0 aliphatic carbocycles. The van der Waals surface area contributed by atoms with Gasteiger partial charge in [-0.15, -0.1) is 0 Å². The van der Waals surface area contributed by atoms with Crippen LogP contribution in [0.1, 0.15) is 17.5 Å². The van der Waals surface area contributed by atoms with Crippen LogP contribution in [-0.4, -0.2) is 6.54 Å². The molecule has 0 saturated heterocycles. The van der Waals surface area contributed by atoms with Gasteiger partial charge in [-0.2, -0.15) is 0 Å². The second kappa shape index (κ2) is 4.58. The fourth-order valence-electron chi connectivity index (χ4n) is 0.960. The van der Waals surface area contributed by atoms with Gasteiger partial charge in [0.15, 0.2) is 0 Å². The van der Waals surface area contributed by atoms with Gasteiger partial charge in [0.25, 0.3) is 0 Å². The van der Waals surface area contributed by atoms with Crippen LogP contribution < -0.4 is 5.73 Å². The average Bonchev–Trinajstić information content (AvgIpc) is 2.05. The third kappa shape index (κ3) is 2.77. The molecule has 0 spiro atoms. The number of hydrogen-bond acceptors (Lipinski definition) is 1. The van der Waals surface area contributed by atoms with Crippen molar-refractivity contribution in [1.29, 1.82) is 0 Å². The fraction of sp³-hybridized carbons (Fsp3) is 0.273. The topological polar surface area (TPSA) is 26.0 Å². The van der Waals surface area contributed by atoms with E-state index in [0.29, 0.717) is 6.54 Å². The summed E-state index contributed by atoms with van der Waals surface area (Å²) >= 11 is 0. The second-order valence-corrected chi connectivity index (χ2v) is 2.71. The number of hydrogen-bond donors (Lipinski definition) is 1. The van der Waals surface area contributed by atoms with E-state index in [-0.39, 0.29) is 0 Å². The molecule has 0 atom stereocenters. The lowest BCUT2D eigenvalue weighted by Gasteiger charge is -1.91. The summed E-state index contributed by atoms with van der Waals surface area (Å²) in [4.78, 5) is 0. The maximum Gasteiger partial charge on any atom is 0.0247 e. The van der Waals surface area contributed by atoms with E-state index in [9.17, 15) is 0 Å². The highest BCUT2D eigenvalue weighted by Gasteiger charge is 1.85. The molecule has 1 nitrogen and oxygen atoms in total. The Kier molecular flexibility index (Phi) is 3.37. The maximum absolute atomic E-state index is 5.32. The van der Waals surface area contributed by atoms with Gasteiger partial charge in [0.2, 0.25) is 0 Å². The summed E-state index contributed by atoms with van der Waals surface area (Å²) in [6.45, 7) is 2.70. The van der Waals surface area contributed by atoms with E-state index in [1.54, 1.807) is 0 Å². The van der Waals surface area contributed by atoms with E-state index in [1.807, 2.05) is 12.1 Å². The Bertz CT molecular complexity index is 304. The zero-order chi connectivity index (χ0) is 8.81. The van der Waals surface area contributed by atoms with Gasteiger partial charge in [0.05, 0.1) is 0 Å². The van der Waals surface area contributed by atoms with E-state index < -0.39 is 0 Å². The molecule has 1 rings (SSSR count). The molecule has 62 valence electrons. The number of aryl methyl sites for hydroxylation is 1. The van der Waals surface area contributed by atoms with Crippen LogP contribution >= 0.6 is 0 Å². The Morgan fingerprint density at radius 2 is 2.25 bits per heavy atom. The largest absolute Gasteiger partial charge is 0.330 e. The molecule has 2 N–H and O–H groups in total. The monoisotopic (exact) mass is 159 g/mol. The van der Waals surface area contributed by atoms with E-state index in [0.717, 1.165) is 12.0 Å². The van der Waals surface area contributed by atoms with Gasteiger partial charge < -0.3 is 5.73 Å². The molecule has 0 aromatic heterocycles. The first-order valence-electron chi connectivity index (χ1n) is 4.08. The van der Waals surface area contributed by atoms with Crippen molar-refractivity contribution in [1.82, 2.24) is 0 Å². The SMILES string of the molecule is Cc1cccc(C#CCCN)c1. The first-order chi connectivity index (χ1) is 5.83. The van der Waals surface area contributed by atoms with E-state index in [4.69, 9.17) is 5.73 Å². The summed E-state index contributed by atoms with van der Waals surface area (Å²) in [6, 6.07) is 8.16. The zero-order valence-electron chi connectivity index (χ0n) is 7.30. The summed E-state index contributed by atoms with van der Waals surface area (Å²) < 4.78 is 0. The Balaban J connectivity index is 2.71. The summed E-state index contributed by atoms with van der Waals surface area (Å²) in [6.07, 6.45) is 0.772. The van der Waals surface area contributed by atoms with Gasteiger partial charge in [-0.25, -0.2) is 0 Å². The van der Waals surface area contributed by atoms with Gasteiger partial charge in [-0.1, -0.05) is 24.0 Å². The molecular formula is C11H13N. The number of rotatable bonds is 1. The van der Waals surface area contributed by atoms with Crippen molar-refractivity contribution in [3.05, 3.63) is 35.4 Å². The highest BCUT2D eigenvalue weighted by Crippen LogP contribution is 2.01. The first kappa shape index (κ1) is 8.83. The van der Waals surface area contributed by atoms with Crippen LogP contribution in [0.25, 0.3) is 0 Å². The van der Waals surface area contributed by atoms with Crippen LogP contribution in [0.15, 0.2) is 24.3 Å². The number of benzene rings is 1. The second-order valence-electron chi connectivity index (χ2n) is 2.71. The minimum atomic E-state index is 0.638. The molecule has 0 bridgehead atoms. The lowest BCUT2D eigenvalue weighted by molar-refractivity contribution is 1.03. The van der Waals surface area contributed by atoms with Crippen LogP contribution in [-0.2, 0) is 0 Å². The van der Waals surface area contributed by atoms with E-state index >= 15 is 0 Å². The molecule has 0 aliphatic rings. The normalized spacial score (nSPS) is 8.83. The Morgan fingerprint density at radius 1 is 1.42 bits per heavy atom. The van der Waals surface area contributed by atoms with E-state index in [1.165, 1.54) is 5.56 Å². The molecular weight excluding hydrogens is 146 g/mol. The summed E-state index contributed by atoms with van der Waals surface area (Å²) in [7, 11) is 0. The Labute approximate surface area is 73.6 Å². The van der Waals surface area contributed by atoms with Crippen molar-refractivity contribution in [2.45, 2.75) is 13.3 Å². The first-order valence-corrected chi connectivity index (χ1v) is 4.08. The third-order valence-corrected chi connectivity index (χ3v) is 1.52. The summed E-state index contributed by atoms with van der Waals surface area (Å²) in [5, 5.41) is 0. The zero-order valence-corrected chi connectivity index (χ0v) is 7.30. The molecule has 0 fully saturated rings. The van der Waals surface area contributed by atoms with Crippen molar-refractivity contribution in [3.63, 3.8) is 0 Å². The van der Waals surface area contributed by atoms with Crippen LogP contribution in [0.5, 0.6) is 0 Å². The van der Waals surface area contributed by atoms with Crippen molar-refractivity contribution in [2.75, 3.05) is 6.54 Å². The lowest BCUT2D eigenvalue weighted by atomic mass is 10.1. The summed E-state index contributed by atoms with van der Waals surface area (Å²) in [5.41, 5.74) is 7.64. The highest BCUT2D eigenvalue weighted by molar-refractivity contribution is 5.36. The van der Waals surface area contributed by atoms with Crippen LogP contribution in [0.4, 0.5) is 0 Å². The Hall–Kier alpha value is -1.26. The van der Waals surface area contributed by atoms with Crippen molar-refractivity contribution < 1.29 is 0 Å². The van der Waals surface area contributed by atoms with Gasteiger partial charge >= 0.3 is 0 Å². The molecule has 0 aliphatic heterocycles.